The molecule has 0 N–H and O–H groups in total. The lowest BCUT2D eigenvalue weighted by Crippen LogP contribution is -2.19. The third-order valence-corrected chi connectivity index (χ3v) is 4.28. The molecule has 0 saturated heterocycles. The van der Waals surface area contributed by atoms with E-state index in [1.807, 2.05) is 0 Å². The summed E-state index contributed by atoms with van der Waals surface area (Å²) in [5.74, 6) is 2.21. The van der Waals surface area contributed by atoms with Crippen molar-refractivity contribution in [1.29, 1.82) is 5.26 Å². The first kappa shape index (κ1) is 11.2. The Hall–Kier alpha value is 0.130. The second-order valence-corrected chi connectivity index (χ2v) is 5.13. The predicted molar refractivity (Wildman–Crippen MR) is 59.2 cm³/mol. The Morgan fingerprint density at radius 2 is 2.08 bits per heavy atom. The number of hydrogen-bond donors (Lipinski definition) is 0. The van der Waals surface area contributed by atoms with Crippen LogP contribution in [0.3, 0.4) is 0 Å². The summed E-state index contributed by atoms with van der Waals surface area (Å²) in [5, 5.41) is 9.18. The van der Waals surface area contributed by atoms with Gasteiger partial charge >= 0.3 is 0 Å². The largest absolute Gasteiger partial charge is 0.197 e. The number of thioether (sulfide) groups is 1. The number of hydrogen-bond acceptors (Lipinski definition) is 2. The van der Waals surface area contributed by atoms with Crippen LogP contribution in [0.4, 0.5) is 0 Å². The van der Waals surface area contributed by atoms with Gasteiger partial charge in [-0.05, 0) is 18.8 Å². The monoisotopic (exact) mass is 217 g/mol. The van der Waals surface area contributed by atoms with Gasteiger partial charge in [-0.1, -0.05) is 19.3 Å². The van der Waals surface area contributed by atoms with Gasteiger partial charge in [0, 0.05) is 11.6 Å². The first-order valence-corrected chi connectivity index (χ1v) is 6.54. The van der Waals surface area contributed by atoms with Crippen molar-refractivity contribution in [2.24, 2.45) is 5.92 Å². The maximum atomic E-state index is 8.99. The van der Waals surface area contributed by atoms with Crippen molar-refractivity contribution in [3.05, 3.63) is 0 Å². The van der Waals surface area contributed by atoms with E-state index in [0.717, 1.165) is 5.75 Å². The lowest BCUT2D eigenvalue weighted by molar-refractivity contribution is 0.370. The standard InChI is InChI=1S/C10H16ClNS/c11-6-7-13-10(8-12)9-4-2-1-3-5-9/h9-10H,1-7H2/t10-/m1/s1. The van der Waals surface area contributed by atoms with E-state index in [0.29, 0.717) is 11.8 Å². The molecule has 1 aliphatic carbocycles. The minimum absolute atomic E-state index is 0.194. The average molecular weight is 218 g/mol. The molecule has 0 amide bonds. The van der Waals surface area contributed by atoms with Crippen LogP contribution in [-0.4, -0.2) is 16.9 Å². The van der Waals surface area contributed by atoms with Crippen LogP contribution in [0.5, 0.6) is 0 Å². The Labute approximate surface area is 89.8 Å². The fraction of sp³-hybridized carbons (Fsp3) is 0.900. The van der Waals surface area contributed by atoms with Crippen LogP contribution >= 0.6 is 23.4 Å². The van der Waals surface area contributed by atoms with Crippen molar-refractivity contribution in [2.45, 2.75) is 37.4 Å². The number of rotatable bonds is 4. The molecule has 0 aromatic heterocycles. The molecule has 0 spiro atoms. The number of halogens is 1. The van der Waals surface area contributed by atoms with E-state index in [2.05, 4.69) is 6.07 Å². The number of nitrogens with zero attached hydrogens (tertiary/aromatic N) is 1. The smallest absolute Gasteiger partial charge is 0.0945 e. The third kappa shape index (κ3) is 3.79. The van der Waals surface area contributed by atoms with Crippen LogP contribution in [0.15, 0.2) is 0 Å². The van der Waals surface area contributed by atoms with E-state index in [1.54, 1.807) is 11.8 Å². The van der Waals surface area contributed by atoms with Gasteiger partial charge in [0.15, 0.2) is 0 Å². The maximum Gasteiger partial charge on any atom is 0.0945 e. The molecule has 0 aromatic rings. The average Bonchev–Trinajstić information content (AvgIpc) is 2.21. The second-order valence-electron chi connectivity index (χ2n) is 3.51. The maximum absolute atomic E-state index is 8.99. The van der Waals surface area contributed by atoms with E-state index < -0.39 is 0 Å². The molecule has 1 aliphatic rings. The number of alkyl halides is 1. The summed E-state index contributed by atoms with van der Waals surface area (Å²) in [7, 11) is 0. The molecule has 0 bridgehead atoms. The highest BCUT2D eigenvalue weighted by molar-refractivity contribution is 8.00. The normalized spacial score (nSPS) is 20.9. The highest BCUT2D eigenvalue weighted by Crippen LogP contribution is 2.32. The fourth-order valence-electron chi connectivity index (χ4n) is 1.89. The minimum Gasteiger partial charge on any atom is -0.197 e. The predicted octanol–water partition coefficient (Wildman–Crippen LogP) is 3.43. The van der Waals surface area contributed by atoms with E-state index in [4.69, 9.17) is 16.9 Å². The van der Waals surface area contributed by atoms with E-state index in [-0.39, 0.29) is 5.25 Å². The Morgan fingerprint density at radius 1 is 1.38 bits per heavy atom. The minimum atomic E-state index is 0.194. The van der Waals surface area contributed by atoms with Crippen LogP contribution < -0.4 is 0 Å². The van der Waals surface area contributed by atoms with Gasteiger partial charge in [0.2, 0.25) is 0 Å². The molecular weight excluding hydrogens is 202 g/mol. The first-order chi connectivity index (χ1) is 6.38. The molecule has 0 aliphatic heterocycles. The van der Waals surface area contributed by atoms with Crippen molar-refractivity contribution in [1.82, 2.24) is 0 Å². The van der Waals surface area contributed by atoms with Crippen molar-refractivity contribution >= 4 is 23.4 Å². The van der Waals surface area contributed by atoms with E-state index in [9.17, 15) is 0 Å². The lowest BCUT2D eigenvalue weighted by Gasteiger charge is -2.25. The van der Waals surface area contributed by atoms with E-state index in [1.165, 1.54) is 32.1 Å². The van der Waals surface area contributed by atoms with Crippen LogP contribution in [0.2, 0.25) is 0 Å². The second kappa shape index (κ2) is 6.56. The summed E-state index contributed by atoms with van der Waals surface area (Å²) in [5.41, 5.74) is 0. The van der Waals surface area contributed by atoms with Gasteiger partial charge in [0.25, 0.3) is 0 Å². The molecule has 0 aromatic carbocycles. The van der Waals surface area contributed by atoms with Gasteiger partial charge in [-0.25, -0.2) is 0 Å². The molecule has 13 heavy (non-hydrogen) atoms. The topological polar surface area (TPSA) is 23.8 Å². The van der Waals surface area contributed by atoms with Crippen LogP contribution in [0.1, 0.15) is 32.1 Å². The lowest BCUT2D eigenvalue weighted by atomic mass is 9.87. The molecule has 0 heterocycles. The van der Waals surface area contributed by atoms with Gasteiger partial charge in [0.1, 0.15) is 0 Å². The summed E-state index contributed by atoms with van der Waals surface area (Å²) in [6, 6.07) is 2.41. The van der Waals surface area contributed by atoms with Crippen LogP contribution in [0.25, 0.3) is 0 Å². The highest BCUT2D eigenvalue weighted by atomic mass is 35.5. The molecule has 0 unspecified atom stereocenters. The van der Waals surface area contributed by atoms with Gasteiger partial charge < -0.3 is 0 Å². The van der Waals surface area contributed by atoms with Gasteiger partial charge in [-0.2, -0.15) is 5.26 Å². The Morgan fingerprint density at radius 3 is 2.62 bits per heavy atom. The molecule has 74 valence electrons. The molecule has 3 heteroatoms. The van der Waals surface area contributed by atoms with Gasteiger partial charge in [-0.3, -0.25) is 0 Å². The van der Waals surface area contributed by atoms with Crippen LogP contribution in [-0.2, 0) is 0 Å². The molecule has 1 fully saturated rings. The van der Waals surface area contributed by atoms with Gasteiger partial charge in [-0.15, -0.1) is 23.4 Å². The molecule has 1 saturated carbocycles. The van der Waals surface area contributed by atoms with Crippen molar-refractivity contribution in [2.75, 3.05) is 11.6 Å². The first-order valence-electron chi connectivity index (χ1n) is 4.95. The zero-order chi connectivity index (χ0) is 9.52. The SMILES string of the molecule is N#C[C@@H](SCCCl)C1CCCCC1. The van der Waals surface area contributed by atoms with E-state index >= 15 is 0 Å². The zero-order valence-electron chi connectivity index (χ0n) is 7.84. The van der Waals surface area contributed by atoms with Crippen LogP contribution in [0, 0.1) is 17.2 Å². The zero-order valence-corrected chi connectivity index (χ0v) is 9.41. The number of nitriles is 1. The summed E-state index contributed by atoms with van der Waals surface area (Å²) < 4.78 is 0. The molecule has 1 nitrogen and oxygen atoms in total. The molecule has 1 rings (SSSR count). The summed E-state index contributed by atoms with van der Waals surface area (Å²) >= 11 is 7.35. The van der Waals surface area contributed by atoms with Crippen molar-refractivity contribution < 1.29 is 0 Å². The van der Waals surface area contributed by atoms with Gasteiger partial charge in [0.05, 0.1) is 11.3 Å². The highest BCUT2D eigenvalue weighted by Gasteiger charge is 2.23. The quantitative estimate of drug-likeness (QED) is 0.674. The molecule has 1 atom stereocenters. The third-order valence-electron chi connectivity index (χ3n) is 2.58. The summed E-state index contributed by atoms with van der Waals surface area (Å²) in [6.07, 6.45) is 6.46. The summed E-state index contributed by atoms with van der Waals surface area (Å²) in [4.78, 5) is 0. The fourth-order valence-corrected chi connectivity index (χ4v) is 3.12. The molecule has 0 radical (unpaired) electrons. The Bertz CT molecular complexity index is 172. The van der Waals surface area contributed by atoms with Crippen molar-refractivity contribution in [3.8, 4) is 6.07 Å². The van der Waals surface area contributed by atoms with Crippen molar-refractivity contribution in [3.63, 3.8) is 0 Å². The Balaban J connectivity index is 2.31. The summed E-state index contributed by atoms with van der Waals surface area (Å²) in [6.45, 7) is 0. The Kier molecular flexibility index (Phi) is 5.66. The molecular formula is C10H16ClNS.